The van der Waals surface area contributed by atoms with Gasteiger partial charge in [0.25, 0.3) is 0 Å². The van der Waals surface area contributed by atoms with Gasteiger partial charge in [-0.05, 0) is 39.2 Å². The molecule has 0 radical (unpaired) electrons. The Bertz CT molecular complexity index is 204. The van der Waals surface area contributed by atoms with E-state index in [-0.39, 0.29) is 0 Å². The molecule has 1 atom stereocenters. The van der Waals surface area contributed by atoms with E-state index in [1.807, 2.05) is 0 Å². The number of rotatable bonds is 3. The zero-order valence-electron chi connectivity index (χ0n) is 8.22. The maximum atomic E-state index is 4.33. The maximum Gasteiger partial charge on any atom is 0.0605 e. The summed E-state index contributed by atoms with van der Waals surface area (Å²) in [6.45, 7) is 6.47. The molecule has 0 aromatic rings. The quantitative estimate of drug-likeness (QED) is 0.640. The predicted octanol–water partition coefficient (Wildman–Crippen LogP) is 2.47. The maximum absolute atomic E-state index is 4.33. The molecule has 12 heavy (non-hydrogen) atoms. The summed E-state index contributed by atoms with van der Waals surface area (Å²) in [5.74, 6) is 0. The molecule has 0 aromatic carbocycles. The Hall–Kier alpha value is -0.790. The zero-order chi connectivity index (χ0) is 8.97. The van der Waals surface area contributed by atoms with Crippen LogP contribution in [0, 0.1) is 0 Å². The highest BCUT2D eigenvalue weighted by Crippen LogP contribution is 2.14. The summed E-state index contributed by atoms with van der Waals surface area (Å²) in [7, 11) is 0. The Balaban J connectivity index is 2.38. The summed E-state index contributed by atoms with van der Waals surface area (Å²) in [5, 5.41) is 4.33. The summed E-state index contributed by atoms with van der Waals surface area (Å²) in [4.78, 5) is 0. The Morgan fingerprint density at radius 1 is 1.58 bits per heavy atom. The molecule has 0 fully saturated rings. The Morgan fingerprint density at radius 3 is 2.83 bits per heavy atom. The van der Waals surface area contributed by atoms with Crippen LogP contribution >= 0.6 is 0 Å². The van der Waals surface area contributed by atoms with Crippen LogP contribution in [0.3, 0.4) is 0 Å². The number of hydrazone groups is 1. The average molecular weight is 166 g/mol. The van der Waals surface area contributed by atoms with Crippen molar-refractivity contribution in [3.05, 3.63) is 11.6 Å². The van der Waals surface area contributed by atoms with Crippen molar-refractivity contribution in [3.8, 4) is 0 Å². The first kappa shape index (κ1) is 9.30. The summed E-state index contributed by atoms with van der Waals surface area (Å²) in [6, 6.07) is 0.492. The van der Waals surface area contributed by atoms with Crippen LogP contribution in [-0.4, -0.2) is 11.8 Å². The van der Waals surface area contributed by atoms with E-state index in [4.69, 9.17) is 0 Å². The highest BCUT2D eigenvalue weighted by atomic mass is 15.3. The van der Waals surface area contributed by atoms with Crippen molar-refractivity contribution in [3.63, 3.8) is 0 Å². The molecule has 2 heteroatoms. The molecule has 1 rings (SSSR count). The third-order valence-corrected chi connectivity index (χ3v) is 2.23. The molecule has 2 nitrogen and oxygen atoms in total. The van der Waals surface area contributed by atoms with Crippen molar-refractivity contribution in [1.29, 1.82) is 0 Å². The third-order valence-electron chi connectivity index (χ3n) is 2.23. The largest absolute Gasteiger partial charge is 0.307 e. The fourth-order valence-electron chi connectivity index (χ4n) is 1.13. The van der Waals surface area contributed by atoms with Crippen molar-refractivity contribution >= 4 is 5.71 Å². The van der Waals surface area contributed by atoms with Crippen molar-refractivity contribution in [2.24, 2.45) is 5.10 Å². The fourth-order valence-corrected chi connectivity index (χ4v) is 1.13. The van der Waals surface area contributed by atoms with E-state index in [1.54, 1.807) is 0 Å². The van der Waals surface area contributed by atoms with Gasteiger partial charge in [-0.3, -0.25) is 0 Å². The van der Waals surface area contributed by atoms with Crippen LogP contribution in [0.4, 0.5) is 0 Å². The first-order valence-corrected chi connectivity index (χ1v) is 4.71. The van der Waals surface area contributed by atoms with Crippen molar-refractivity contribution in [2.75, 3.05) is 0 Å². The first-order chi connectivity index (χ1) is 5.72. The van der Waals surface area contributed by atoms with Crippen LogP contribution in [0.15, 0.2) is 16.8 Å². The molecule has 68 valence electrons. The Kier molecular flexibility index (Phi) is 3.32. The Morgan fingerprint density at radius 2 is 2.33 bits per heavy atom. The second kappa shape index (κ2) is 4.29. The molecule has 1 unspecified atom stereocenters. The van der Waals surface area contributed by atoms with Crippen LogP contribution in [0.2, 0.25) is 0 Å². The van der Waals surface area contributed by atoms with Gasteiger partial charge >= 0.3 is 0 Å². The van der Waals surface area contributed by atoms with Crippen LogP contribution < -0.4 is 5.43 Å². The number of nitrogens with one attached hydrogen (secondary N) is 1. The minimum atomic E-state index is 0.492. The molecule has 0 amide bonds. The van der Waals surface area contributed by atoms with Gasteiger partial charge in [-0.2, -0.15) is 5.10 Å². The van der Waals surface area contributed by atoms with Gasteiger partial charge in [-0.25, -0.2) is 0 Å². The van der Waals surface area contributed by atoms with Gasteiger partial charge in [0.15, 0.2) is 0 Å². The van der Waals surface area contributed by atoms with Crippen LogP contribution in [-0.2, 0) is 0 Å². The van der Waals surface area contributed by atoms with Crippen molar-refractivity contribution < 1.29 is 0 Å². The van der Waals surface area contributed by atoms with Gasteiger partial charge in [-0.1, -0.05) is 12.5 Å². The van der Waals surface area contributed by atoms with Crippen LogP contribution in [0.1, 0.15) is 40.0 Å². The van der Waals surface area contributed by atoms with Crippen molar-refractivity contribution in [1.82, 2.24) is 5.43 Å². The standard InChI is InChI=1S/C10H18N2/c1-4-9(3)11-12-10-6-5-8(2)7-10/h7,9,11H,4-6H2,1-3H3/b12-10+. The molecule has 0 saturated heterocycles. The lowest BCUT2D eigenvalue weighted by Crippen LogP contribution is -2.20. The molecule has 0 bridgehead atoms. The van der Waals surface area contributed by atoms with E-state index in [2.05, 4.69) is 37.4 Å². The average Bonchev–Trinajstić information content (AvgIpc) is 2.47. The normalized spacial score (nSPS) is 22.6. The zero-order valence-corrected chi connectivity index (χ0v) is 8.22. The van der Waals surface area contributed by atoms with Crippen LogP contribution in [0.25, 0.3) is 0 Å². The van der Waals surface area contributed by atoms with Gasteiger partial charge in [-0.15, -0.1) is 0 Å². The summed E-state index contributed by atoms with van der Waals surface area (Å²) < 4.78 is 0. The molecule has 0 heterocycles. The fraction of sp³-hybridized carbons (Fsp3) is 0.700. The highest BCUT2D eigenvalue weighted by Gasteiger charge is 2.06. The van der Waals surface area contributed by atoms with E-state index >= 15 is 0 Å². The number of hydrogen-bond acceptors (Lipinski definition) is 2. The van der Waals surface area contributed by atoms with Crippen molar-refractivity contribution in [2.45, 2.75) is 46.1 Å². The molecule has 1 aliphatic rings. The van der Waals surface area contributed by atoms with Gasteiger partial charge in [0.1, 0.15) is 0 Å². The topological polar surface area (TPSA) is 24.4 Å². The number of nitrogens with zero attached hydrogens (tertiary/aromatic N) is 1. The molecule has 0 saturated carbocycles. The van der Waals surface area contributed by atoms with E-state index in [0.717, 1.165) is 12.8 Å². The lowest BCUT2D eigenvalue weighted by molar-refractivity contribution is 0.557. The predicted molar refractivity (Wildman–Crippen MR) is 53.3 cm³/mol. The van der Waals surface area contributed by atoms with Gasteiger partial charge < -0.3 is 5.43 Å². The molecule has 1 aliphatic carbocycles. The van der Waals surface area contributed by atoms with E-state index in [9.17, 15) is 0 Å². The van der Waals surface area contributed by atoms with E-state index in [1.165, 1.54) is 17.7 Å². The summed E-state index contributed by atoms with van der Waals surface area (Å²) >= 11 is 0. The molecule has 0 spiro atoms. The molecule has 1 N–H and O–H groups in total. The molecular formula is C10H18N2. The molecule has 0 aliphatic heterocycles. The highest BCUT2D eigenvalue weighted by molar-refractivity contribution is 5.97. The lowest BCUT2D eigenvalue weighted by atomic mass is 10.3. The molecule has 0 aromatic heterocycles. The number of hydrogen-bond donors (Lipinski definition) is 1. The molecular weight excluding hydrogens is 148 g/mol. The van der Waals surface area contributed by atoms with Gasteiger partial charge in [0, 0.05) is 6.04 Å². The van der Waals surface area contributed by atoms with E-state index in [0.29, 0.717) is 6.04 Å². The van der Waals surface area contributed by atoms with Gasteiger partial charge in [0.2, 0.25) is 0 Å². The van der Waals surface area contributed by atoms with Crippen LogP contribution in [0.5, 0.6) is 0 Å². The lowest BCUT2D eigenvalue weighted by Gasteiger charge is -2.07. The minimum absolute atomic E-state index is 0.492. The minimum Gasteiger partial charge on any atom is -0.307 e. The first-order valence-electron chi connectivity index (χ1n) is 4.71. The SMILES string of the molecule is CCC(C)N/N=C1/C=C(C)CC1. The summed E-state index contributed by atoms with van der Waals surface area (Å²) in [5.41, 5.74) is 5.78. The summed E-state index contributed by atoms with van der Waals surface area (Å²) in [6.07, 6.45) is 5.59. The second-order valence-corrected chi connectivity index (χ2v) is 3.53. The van der Waals surface area contributed by atoms with Gasteiger partial charge in [0.05, 0.1) is 5.71 Å². The monoisotopic (exact) mass is 166 g/mol. The Labute approximate surface area is 74.7 Å². The number of allylic oxidation sites excluding steroid dienone is 2. The smallest absolute Gasteiger partial charge is 0.0605 e. The third kappa shape index (κ3) is 2.68. The second-order valence-electron chi connectivity index (χ2n) is 3.53. The van der Waals surface area contributed by atoms with E-state index < -0.39 is 0 Å².